The molecular formula is C22H28N4O2. The summed E-state index contributed by atoms with van der Waals surface area (Å²) < 4.78 is 1.94. The molecule has 0 aliphatic carbocycles. The van der Waals surface area contributed by atoms with E-state index >= 15 is 0 Å². The van der Waals surface area contributed by atoms with Crippen molar-refractivity contribution in [2.75, 3.05) is 11.9 Å². The van der Waals surface area contributed by atoms with Gasteiger partial charge in [-0.3, -0.25) is 4.79 Å². The highest BCUT2D eigenvalue weighted by atomic mass is 16.3. The Balaban J connectivity index is 1.98. The molecule has 0 spiro atoms. The quantitative estimate of drug-likeness (QED) is 0.613. The SMILES string of the molecule is Cc1cccc(C)c1CNc1cc(C(=O)NC[C@H](C)O)cn2c(C)c(C)nc12. The van der Waals surface area contributed by atoms with Gasteiger partial charge in [0.2, 0.25) is 0 Å². The van der Waals surface area contributed by atoms with Crippen LogP contribution in [0.2, 0.25) is 0 Å². The van der Waals surface area contributed by atoms with E-state index in [1.807, 2.05) is 24.3 Å². The van der Waals surface area contributed by atoms with E-state index in [-0.39, 0.29) is 12.5 Å². The number of aryl methyl sites for hydroxylation is 4. The van der Waals surface area contributed by atoms with Gasteiger partial charge in [-0.25, -0.2) is 4.98 Å². The van der Waals surface area contributed by atoms with Gasteiger partial charge in [-0.05, 0) is 57.4 Å². The van der Waals surface area contributed by atoms with Gasteiger partial charge in [-0.2, -0.15) is 0 Å². The Morgan fingerprint density at radius 3 is 2.54 bits per heavy atom. The second-order valence-corrected chi connectivity index (χ2v) is 7.40. The number of benzene rings is 1. The van der Waals surface area contributed by atoms with Crippen molar-refractivity contribution in [2.45, 2.75) is 47.3 Å². The number of pyridine rings is 1. The van der Waals surface area contributed by atoms with Crippen molar-refractivity contribution in [1.29, 1.82) is 0 Å². The number of aliphatic hydroxyl groups is 1. The average Bonchev–Trinajstić information content (AvgIpc) is 2.93. The number of anilines is 1. The molecule has 1 aromatic carbocycles. The lowest BCUT2D eigenvalue weighted by Gasteiger charge is -2.14. The van der Waals surface area contributed by atoms with Gasteiger partial charge in [-0.1, -0.05) is 18.2 Å². The molecule has 2 aromatic heterocycles. The van der Waals surface area contributed by atoms with Crippen LogP contribution in [0, 0.1) is 27.7 Å². The van der Waals surface area contributed by atoms with Crippen molar-refractivity contribution in [3.8, 4) is 0 Å². The largest absolute Gasteiger partial charge is 0.392 e. The van der Waals surface area contributed by atoms with Gasteiger partial charge in [0.25, 0.3) is 5.91 Å². The first kappa shape index (κ1) is 19.9. The van der Waals surface area contributed by atoms with Crippen LogP contribution >= 0.6 is 0 Å². The van der Waals surface area contributed by atoms with Crippen molar-refractivity contribution >= 4 is 17.2 Å². The third kappa shape index (κ3) is 4.02. The summed E-state index contributed by atoms with van der Waals surface area (Å²) in [6, 6.07) is 8.08. The molecule has 6 nitrogen and oxygen atoms in total. The molecule has 1 atom stereocenters. The van der Waals surface area contributed by atoms with Crippen LogP contribution in [0.4, 0.5) is 5.69 Å². The molecule has 28 heavy (non-hydrogen) atoms. The molecule has 0 aliphatic rings. The van der Waals surface area contributed by atoms with Crippen molar-refractivity contribution in [3.05, 3.63) is 64.1 Å². The van der Waals surface area contributed by atoms with Crippen molar-refractivity contribution in [2.24, 2.45) is 0 Å². The normalized spacial score (nSPS) is 12.2. The zero-order valence-corrected chi connectivity index (χ0v) is 17.1. The van der Waals surface area contributed by atoms with Crippen LogP contribution in [0.3, 0.4) is 0 Å². The van der Waals surface area contributed by atoms with E-state index in [1.54, 1.807) is 13.1 Å². The van der Waals surface area contributed by atoms with Crippen LogP contribution in [-0.2, 0) is 6.54 Å². The molecule has 0 saturated carbocycles. The Hall–Kier alpha value is -2.86. The predicted molar refractivity (Wildman–Crippen MR) is 112 cm³/mol. The molecule has 0 saturated heterocycles. The Morgan fingerprint density at radius 1 is 1.21 bits per heavy atom. The number of hydrogen-bond donors (Lipinski definition) is 3. The maximum Gasteiger partial charge on any atom is 0.252 e. The molecule has 0 fully saturated rings. The molecule has 3 aromatic rings. The second-order valence-electron chi connectivity index (χ2n) is 7.40. The monoisotopic (exact) mass is 380 g/mol. The number of amides is 1. The van der Waals surface area contributed by atoms with E-state index in [1.165, 1.54) is 16.7 Å². The summed E-state index contributed by atoms with van der Waals surface area (Å²) in [6.45, 7) is 10.7. The number of nitrogens with zero attached hydrogens (tertiary/aromatic N) is 2. The first-order valence-electron chi connectivity index (χ1n) is 9.52. The highest BCUT2D eigenvalue weighted by molar-refractivity contribution is 5.96. The molecule has 0 aliphatic heterocycles. The fourth-order valence-electron chi connectivity index (χ4n) is 3.28. The summed E-state index contributed by atoms with van der Waals surface area (Å²) in [7, 11) is 0. The second kappa shape index (κ2) is 8.02. The number of aromatic nitrogens is 2. The van der Waals surface area contributed by atoms with Crippen LogP contribution < -0.4 is 10.6 Å². The van der Waals surface area contributed by atoms with E-state index in [2.05, 4.69) is 47.7 Å². The zero-order chi connectivity index (χ0) is 20.4. The highest BCUT2D eigenvalue weighted by Gasteiger charge is 2.15. The van der Waals surface area contributed by atoms with Crippen LogP contribution in [0.15, 0.2) is 30.5 Å². The Kier molecular flexibility index (Phi) is 5.70. The minimum atomic E-state index is -0.591. The highest BCUT2D eigenvalue weighted by Crippen LogP contribution is 2.24. The van der Waals surface area contributed by atoms with Crippen LogP contribution in [0.25, 0.3) is 5.65 Å². The minimum Gasteiger partial charge on any atom is -0.392 e. The molecule has 148 valence electrons. The number of carbonyl (C=O) groups is 1. The molecule has 3 N–H and O–H groups in total. The first-order chi connectivity index (χ1) is 13.3. The van der Waals surface area contributed by atoms with E-state index in [0.717, 1.165) is 22.7 Å². The lowest BCUT2D eigenvalue weighted by atomic mass is 10.0. The minimum absolute atomic E-state index is 0.212. The molecule has 0 radical (unpaired) electrons. The molecule has 1 amide bonds. The fraction of sp³-hybridized carbons (Fsp3) is 0.364. The van der Waals surface area contributed by atoms with Crippen molar-refractivity contribution in [3.63, 3.8) is 0 Å². The third-order valence-electron chi connectivity index (χ3n) is 5.12. The van der Waals surface area contributed by atoms with Crippen LogP contribution in [0.5, 0.6) is 0 Å². The predicted octanol–water partition coefficient (Wildman–Crippen LogP) is 3.29. The molecule has 6 heteroatoms. The lowest BCUT2D eigenvalue weighted by molar-refractivity contribution is 0.0923. The van der Waals surface area contributed by atoms with Gasteiger partial charge in [0, 0.05) is 25.0 Å². The zero-order valence-electron chi connectivity index (χ0n) is 17.1. The molecule has 3 rings (SSSR count). The van der Waals surface area contributed by atoms with E-state index in [4.69, 9.17) is 0 Å². The maximum absolute atomic E-state index is 12.6. The van der Waals surface area contributed by atoms with Gasteiger partial charge < -0.3 is 20.1 Å². The maximum atomic E-state index is 12.6. The number of imidazole rings is 1. The summed E-state index contributed by atoms with van der Waals surface area (Å²) in [5, 5.41) is 15.7. The smallest absolute Gasteiger partial charge is 0.252 e. The molecule has 0 unspecified atom stereocenters. The standard InChI is InChI=1S/C22H28N4O2/c1-13-7-6-8-14(2)19(13)11-23-20-9-18(22(28)24-10-15(3)27)12-26-17(5)16(4)25-21(20)26/h6-9,12,15,23,27H,10-11H2,1-5H3,(H,24,28)/t15-/m0/s1. The number of aliphatic hydroxyl groups excluding tert-OH is 1. The summed E-state index contributed by atoms with van der Waals surface area (Å²) >= 11 is 0. The van der Waals surface area contributed by atoms with Crippen molar-refractivity contribution in [1.82, 2.24) is 14.7 Å². The third-order valence-corrected chi connectivity index (χ3v) is 5.12. The van der Waals surface area contributed by atoms with Gasteiger partial charge in [0.15, 0.2) is 5.65 Å². The van der Waals surface area contributed by atoms with E-state index in [0.29, 0.717) is 12.1 Å². The Bertz CT molecular complexity index is 1000. The molecule has 2 heterocycles. The number of rotatable bonds is 6. The fourth-order valence-corrected chi connectivity index (χ4v) is 3.28. The lowest BCUT2D eigenvalue weighted by Crippen LogP contribution is -2.30. The van der Waals surface area contributed by atoms with Gasteiger partial charge in [0.1, 0.15) is 0 Å². The summed E-state index contributed by atoms with van der Waals surface area (Å²) in [6.07, 6.45) is 1.21. The van der Waals surface area contributed by atoms with Crippen LogP contribution in [-0.4, -0.2) is 33.0 Å². The molecule has 0 bridgehead atoms. The molecular weight excluding hydrogens is 352 g/mol. The summed E-state index contributed by atoms with van der Waals surface area (Å²) in [5.74, 6) is -0.219. The number of nitrogens with one attached hydrogen (secondary N) is 2. The summed E-state index contributed by atoms with van der Waals surface area (Å²) in [4.78, 5) is 17.2. The Labute approximate surface area is 165 Å². The number of fused-ring (bicyclic) bond motifs is 1. The number of hydrogen-bond acceptors (Lipinski definition) is 4. The van der Waals surface area contributed by atoms with Crippen molar-refractivity contribution < 1.29 is 9.90 Å². The van der Waals surface area contributed by atoms with Crippen LogP contribution in [0.1, 0.15) is 45.4 Å². The number of carbonyl (C=O) groups excluding carboxylic acids is 1. The first-order valence-corrected chi connectivity index (χ1v) is 9.52. The van der Waals surface area contributed by atoms with Gasteiger partial charge in [0.05, 0.1) is 23.0 Å². The van der Waals surface area contributed by atoms with Gasteiger partial charge in [-0.15, -0.1) is 0 Å². The average molecular weight is 380 g/mol. The van der Waals surface area contributed by atoms with Gasteiger partial charge >= 0.3 is 0 Å². The van der Waals surface area contributed by atoms with E-state index < -0.39 is 6.10 Å². The Morgan fingerprint density at radius 2 is 1.89 bits per heavy atom. The summed E-state index contributed by atoms with van der Waals surface area (Å²) in [5.41, 5.74) is 7.75. The topological polar surface area (TPSA) is 78.7 Å². The van der Waals surface area contributed by atoms with E-state index in [9.17, 15) is 9.90 Å².